The van der Waals surface area contributed by atoms with Gasteiger partial charge in [-0.25, -0.2) is 9.18 Å². The predicted octanol–water partition coefficient (Wildman–Crippen LogP) is 7.36. The van der Waals surface area contributed by atoms with Crippen LogP contribution in [0, 0.1) is 12.7 Å². The molecule has 3 aromatic rings. The van der Waals surface area contributed by atoms with E-state index in [1.54, 1.807) is 13.0 Å². The highest BCUT2D eigenvalue weighted by molar-refractivity contribution is 7.99. The molecule has 0 aliphatic heterocycles. The van der Waals surface area contributed by atoms with Crippen LogP contribution >= 0.6 is 11.8 Å². The minimum absolute atomic E-state index is 0.0690. The highest BCUT2D eigenvalue weighted by Gasteiger charge is 2.32. The molecule has 0 fully saturated rings. The summed E-state index contributed by atoms with van der Waals surface area (Å²) in [6.45, 7) is 3.17. The van der Waals surface area contributed by atoms with Crippen molar-refractivity contribution in [1.29, 1.82) is 0 Å². The van der Waals surface area contributed by atoms with Gasteiger partial charge in [0.1, 0.15) is 5.75 Å². The third-order valence-corrected chi connectivity index (χ3v) is 5.97. The zero-order valence-corrected chi connectivity index (χ0v) is 20.3. The molecule has 0 heterocycles. The van der Waals surface area contributed by atoms with Crippen molar-refractivity contribution in [3.63, 3.8) is 0 Å². The molecule has 0 aromatic heterocycles. The Kier molecular flexibility index (Phi) is 9.08. The number of alkyl halides is 3. The number of hydrogen-bond donors (Lipinski definition) is 1. The number of carboxylic acids is 1. The number of ether oxygens (including phenoxy) is 3. The van der Waals surface area contributed by atoms with Crippen LogP contribution < -0.4 is 14.2 Å². The number of carbonyl (C=O) groups is 1. The molecule has 5 nitrogen and oxygen atoms in total. The number of para-hydroxylation sites is 1. The van der Waals surface area contributed by atoms with E-state index in [4.69, 9.17) is 19.3 Å². The lowest BCUT2D eigenvalue weighted by atomic mass is 10.2. The molecule has 0 saturated carbocycles. The Hall–Kier alpha value is -3.40. The molecule has 0 saturated heterocycles. The van der Waals surface area contributed by atoms with Gasteiger partial charge in [0.15, 0.2) is 29.7 Å². The maximum absolute atomic E-state index is 14.0. The second-order valence-electron chi connectivity index (χ2n) is 7.87. The van der Waals surface area contributed by atoms with E-state index < -0.39 is 30.1 Å². The standard InChI is InChI=1S/C26H24F4O5S/c1-16-13-19(8-10-21(16)33-15-25(31)32)36-12-11-17(2)34-23-9-7-18(26(28,29)30)14-24(23)35-22-6-4-3-5-20(22)27/h3-10,13-14,17H,11-12,15H2,1-2H3,(H,31,32). The molecule has 36 heavy (non-hydrogen) atoms. The van der Waals surface area contributed by atoms with Gasteiger partial charge in [-0.05, 0) is 74.4 Å². The Morgan fingerprint density at radius 3 is 2.39 bits per heavy atom. The first-order valence-electron chi connectivity index (χ1n) is 10.9. The lowest BCUT2D eigenvalue weighted by Crippen LogP contribution is -2.14. The average Bonchev–Trinajstić information content (AvgIpc) is 2.80. The number of halogens is 4. The minimum Gasteiger partial charge on any atom is -0.487 e. The second-order valence-corrected chi connectivity index (χ2v) is 9.04. The van der Waals surface area contributed by atoms with Gasteiger partial charge in [0.25, 0.3) is 0 Å². The molecule has 0 radical (unpaired) electrons. The van der Waals surface area contributed by atoms with Gasteiger partial charge < -0.3 is 19.3 Å². The van der Waals surface area contributed by atoms with Gasteiger partial charge in [-0.2, -0.15) is 13.2 Å². The molecule has 0 amide bonds. The Bertz CT molecular complexity index is 1200. The average molecular weight is 525 g/mol. The molecule has 0 aliphatic rings. The van der Waals surface area contributed by atoms with Gasteiger partial charge >= 0.3 is 12.1 Å². The molecule has 1 unspecified atom stereocenters. The van der Waals surface area contributed by atoms with Gasteiger partial charge in [0.05, 0.1) is 11.7 Å². The van der Waals surface area contributed by atoms with E-state index in [9.17, 15) is 22.4 Å². The quantitative estimate of drug-likeness (QED) is 0.209. The SMILES string of the molecule is Cc1cc(SCCC(C)Oc2ccc(C(F)(F)F)cc2Oc2ccccc2F)ccc1OCC(=O)O. The summed E-state index contributed by atoms with van der Waals surface area (Å²) in [6.07, 6.45) is -4.42. The lowest BCUT2D eigenvalue weighted by molar-refractivity contribution is -0.139. The Balaban J connectivity index is 1.64. The van der Waals surface area contributed by atoms with Crippen molar-refractivity contribution in [3.8, 4) is 23.0 Å². The van der Waals surface area contributed by atoms with Crippen LogP contribution in [0.25, 0.3) is 0 Å². The largest absolute Gasteiger partial charge is 0.487 e. The van der Waals surface area contributed by atoms with E-state index in [2.05, 4.69) is 0 Å². The molecule has 0 bridgehead atoms. The fourth-order valence-electron chi connectivity index (χ4n) is 3.14. The number of hydrogen-bond acceptors (Lipinski definition) is 5. The van der Waals surface area contributed by atoms with Crippen LogP contribution in [0.3, 0.4) is 0 Å². The maximum atomic E-state index is 14.0. The zero-order valence-electron chi connectivity index (χ0n) is 19.5. The van der Waals surface area contributed by atoms with Crippen LogP contribution in [0.5, 0.6) is 23.0 Å². The van der Waals surface area contributed by atoms with Crippen LogP contribution in [0.4, 0.5) is 17.6 Å². The normalized spacial score (nSPS) is 12.2. The minimum atomic E-state index is -4.60. The Morgan fingerprint density at radius 2 is 1.72 bits per heavy atom. The summed E-state index contributed by atoms with van der Waals surface area (Å²) in [5.74, 6) is -1.02. The topological polar surface area (TPSA) is 65.0 Å². The van der Waals surface area contributed by atoms with Crippen molar-refractivity contribution in [3.05, 3.63) is 77.6 Å². The summed E-state index contributed by atoms with van der Waals surface area (Å²) in [6, 6.07) is 13.7. The van der Waals surface area contributed by atoms with Gasteiger partial charge in [-0.3, -0.25) is 0 Å². The Labute approximate surface area is 210 Å². The highest BCUT2D eigenvalue weighted by atomic mass is 32.2. The van der Waals surface area contributed by atoms with E-state index >= 15 is 0 Å². The Morgan fingerprint density at radius 1 is 1.00 bits per heavy atom. The number of carboxylic acid groups (broad SMARTS) is 1. The van der Waals surface area contributed by atoms with Crippen molar-refractivity contribution in [2.45, 2.75) is 37.4 Å². The molecular weight excluding hydrogens is 500 g/mol. The van der Waals surface area contributed by atoms with E-state index in [0.717, 1.165) is 28.7 Å². The van der Waals surface area contributed by atoms with E-state index in [1.807, 2.05) is 19.1 Å². The molecule has 3 rings (SSSR count). The van der Waals surface area contributed by atoms with E-state index in [-0.39, 0.29) is 23.4 Å². The fourth-order valence-corrected chi connectivity index (χ4v) is 4.25. The van der Waals surface area contributed by atoms with Crippen LogP contribution in [0.1, 0.15) is 24.5 Å². The van der Waals surface area contributed by atoms with Crippen LogP contribution in [0.2, 0.25) is 0 Å². The number of rotatable bonds is 11. The van der Waals surface area contributed by atoms with Crippen molar-refractivity contribution < 1.29 is 41.7 Å². The van der Waals surface area contributed by atoms with Gasteiger partial charge in [-0.15, -0.1) is 11.8 Å². The fraction of sp³-hybridized carbons (Fsp3) is 0.269. The van der Waals surface area contributed by atoms with E-state index in [1.165, 1.54) is 36.0 Å². The first-order valence-corrected chi connectivity index (χ1v) is 11.9. The first-order chi connectivity index (χ1) is 17.0. The van der Waals surface area contributed by atoms with Crippen LogP contribution in [-0.2, 0) is 11.0 Å². The molecule has 10 heteroatoms. The number of benzene rings is 3. The van der Waals surface area contributed by atoms with Crippen molar-refractivity contribution in [2.75, 3.05) is 12.4 Å². The van der Waals surface area contributed by atoms with Crippen LogP contribution in [-0.4, -0.2) is 29.5 Å². The molecule has 0 spiro atoms. The highest BCUT2D eigenvalue weighted by Crippen LogP contribution is 2.39. The number of thioether (sulfide) groups is 1. The van der Waals surface area contributed by atoms with Gasteiger partial charge in [0, 0.05) is 10.6 Å². The third-order valence-electron chi connectivity index (χ3n) is 4.95. The molecule has 3 aromatic carbocycles. The van der Waals surface area contributed by atoms with Gasteiger partial charge in [-0.1, -0.05) is 12.1 Å². The van der Waals surface area contributed by atoms with Crippen molar-refractivity contribution in [1.82, 2.24) is 0 Å². The lowest BCUT2D eigenvalue weighted by Gasteiger charge is -2.19. The molecule has 0 aliphatic carbocycles. The molecule has 1 N–H and O–H groups in total. The summed E-state index contributed by atoms with van der Waals surface area (Å²) in [5, 5.41) is 8.73. The van der Waals surface area contributed by atoms with Gasteiger partial charge in [0.2, 0.25) is 0 Å². The summed E-state index contributed by atoms with van der Waals surface area (Å²) < 4.78 is 70.3. The maximum Gasteiger partial charge on any atom is 0.416 e. The van der Waals surface area contributed by atoms with Crippen molar-refractivity contribution >= 4 is 17.7 Å². The third kappa shape index (κ3) is 7.81. The predicted molar refractivity (Wildman–Crippen MR) is 128 cm³/mol. The monoisotopic (exact) mass is 524 g/mol. The van der Waals surface area contributed by atoms with E-state index in [0.29, 0.717) is 17.9 Å². The summed E-state index contributed by atoms with van der Waals surface area (Å²) in [4.78, 5) is 11.6. The molecular formula is C26H24F4O5S. The molecule has 192 valence electrons. The summed E-state index contributed by atoms with van der Waals surface area (Å²) in [7, 11) is 0. The second kappa shape index (κ2) is 12.0. The van der Waals surface area contributed by atoms with Crippen LogP contribution in [0.15, 0.2) is 65.6 Å². The number of aliphatic carboxylic acids is 1. The summed E-state index contributed by atoms with van der Waals surface area (Å²) in [5.41, 5.74) is -0.138. The summed E-state index contributed by atoms with van der Waals surface area (Å²) >= 11 is 1.54. The first kappa shape index (κ1) is 27.2. The van der Waals surface area contributed by atoms with Crippen molar-refractivity contribution in [2.24, 2.45) is 0 Å². The smallest absolute Gasteiger partial charge is 0.416 e. The number of aryl methyl sites for hydroxylation is 1. The molecule has 1 atom stereocenters. The zero-order chi connectivity index (χ0) is 26.3.